The second kappa shape index (κ2) is 5.78. The lowest BCUT2D eigenvalue weighted by Crippen LogP contribution is -2.29. The second-order valence-corrected chi connectivity index (χ2v) is 4.52. The molecule has 106 valence electrons. The SMILES string of the molecule is NNC(c1ccc(C(F)(F)F)cc1)c1ccc(Cl)nc1. The number of alkyl halides is 3. The maximum absolute atomic E-state index is 12.5. The fraction of sp³-hybridized carbons (Fsp3) is 0.154. The van der Waals surface area contributed by atoms with Crippen LogP contribution in [0, 0.1) is 0 Å². The number of nitrogens with one attached hydrogen (secondary N) is 1. The molecule has 3 N–H and O–H groups in total. The third kappa shape index (κ3) is 3.27. The standard InChI is InChI=1S/C13H11ClF3N3/c14-11-6-3-9(7-19-11)12(20-18)8-1-4-10(5-2-8)13(15,16)17/h1-7,12,20H,18H2. The smallest absolute Gasteiger partial charge is 0.271 e. The third-order valence-corrected chi connectivity index (χ3v) is 3.05. The van der Waals surface area contributed by atoms with E-state index in [1.165, 1.54) is 18.3 Å². The molecule has 20 heavy (non-hydrogen) atoms. The molecular formula is C13H11ClF3N3. The molecule has 0 bridgehead atoms. The van der Waals surface area contributed by atoms with Gasteiger partial charge in [-0.05, 0) is 29.3 Å². The first-order valence-electron chi connectivity index (χ1n) is 5.66. The first-order chi connectivity index (χ1) is 9.41. The van der Waals surface area contributed by atoms with E-state index in [0.29, 0.717) is 16.3 Å². The molecule has 0 fully saturated rings. The van der Waals surface area contributed by atoms with E-state index in [9.17, 15) is 13.2 Å². The van der Waals surface area contributed by atoms with Crippen LogP contribution in [0.15, 0.2) is 42.6 Å². The number of benzene rings is 1. The van der Waals surface area contributed by atoms with E-state index < -0.39 is 17.8 Å². The first-order valence-corrected chi connectivity index (χ1v) is 6.04. The number of pyridine rings is 1. The highest BCUT2D eigenvalue weighted by atomic mass is 35.5. The third-order valence-electron chi connectivity index (χ3n) is 2.82. The first kappa shape index (κ1) is 14.8. The molecule has 7 heteroatoms. The van der Waals surface area contributed by atoms with Crippen LogP contribution >= 0.6 is 11.6 Å². The van der Waals surface area contributed by atoms with Gasteiger partial charge in [-0.25, -0.2) is 10.4 Å². The van der Waals surface area contributed by atoms with Crippen molar-refractivity contribution in [2.75, 3.05) is 0 Å². The van der Waals surface area contributed by atoms with Crippen molar-refractivity contribution < 1.29 is 13.2 Å². The molecule has 1 aromatic carbocycles. The summed E-state index contributed by atoms with van der Waals surface area (Å²) in [5.41, 5.74) is 3.15. The van der Waals surface area contributed by atoms with Crippen molar-refractivity contribution in [3.63, 3.8) is 0 Å². The average molecular weight is 302 g/mol. The molecule has 1 atom stereocenters. The quantitative estimate of drug-likeness (QED) is 0.519. The fourth-order valence-electron chi connectivity index (χ4n) is 1.81. The zero-order valence-electron chi connectivity index (χ0n) is 10.2. The van der Waals surface area contributed by atoms with Crippen molar-refractivity contribution in [1.82, 2.24) is 10.4 Å². The zero-order chi connectivity index (χ0) is 14.8. The van der Waals surface area contributed by atoms with Crippen LogP contribution in [0.5, 0.6) is 0 Å². The van der Waals surface area contributed by atoms with Crippen molar-refractivity contribution >= 4 is 11.6 Å². The van der Waals surface area contributed by atoms with Gasteiger partial charge in [0.25, 0.3) is 0 Å². The number of halogens is 4. The Balaban J connectivity index is 2.30. The summed E-state index contributed by atoms with van der Waals surface area (Å²) in [6.45, 7) is 0. The molecule has 3 nitrogen and oxygen atoms in total. The summed E-state index contributed by atoms with van der Waals surface area (Å²) in [4.78, 5) is 3.92. The molecule has 0 aliphatic carbocycles. The van der Waals surface area contributed by atoms with Crippen LogP contribution in [-0.2, 0) is 6.18 Å². The van der Waals surface area contributed by atoms with Crippen molar-refractivity contribution in [3.8, 4) is 0 Å². The highest BCUT2D eigenvalue weighted by Crippen LogP contribution is 2.30. The predicted molar refractivity (Wildman–Crippen MR) is 69.9 cm³/mol. The van der Waals surface area contributed by atoms with Crippen molar-refractivity contribution in [1.29, 1.82) is 0 Å². The van der Waals surface area contributed by atoms with Crippen molar-refractivity contribution in [3.05, 3.63) is 64.4 Å². The number of nitrogens with zero attached hydrogens (tertiary/aromatic N) is 1. The van der Waals surface area contributed by atoms with Crippen molar-refractivity contribution in [2.24, 2.45) is 5.84 Å². The largest absolute Gasteiger partial charge is 0.416 e. The summed E-state index contributed by atoms with van der Waals surface area (Å²) in [6.07, 6.45) is -2.84. The van der Waals surface area contributed by atoms with Gasteiger partial charge in [-0.3, -0.25) is 5.84 Å². The van der Waals surface area contributed by atoms with Gasteiger partial charge in [0.05, 0.1) is 11.6 Å². The lowest BCUT2D eigenvalue weighted by Gasteiger charge is -2.17. The summed E-state index contributed by atoms with van der Waals surface area (Å²) in [5, 5.41) is 0.331. The van der Waals surface area contributed by atoms with Crippen molar-refractivity contribution in [2.45, 2.75) is 12.2 Å². The maximum atomic E-state index is 12.5. The van der Waals surface area contributed by atoms with Crippen LogP contribution in [0.1, 0.15) is 22.7 Å². The van der Waals surface area contributed by atoms with Gasteiger partial charge in [-0.2, -0.15) is 13.2 Å². The van der Waals surface area contributed by atoms with E-state index in [4.69, 9.17) is 17.4 Å². The van der Waals surface area contributed by atoms with Gasteiger partial charge >= 0.3 is 6.18 Å². The molecule has 0 aliphatic heterocycles. The number of aromatic nitrogens is 1. The van der Waals surface area contributed by atoms with Crippen LogP contribution in [0.4, 0.5) is 13.2 Å². The van der Waals surface area contributed by atoms with Crippen LogP contribution in [0.25, 0.3) is 0 Å². The Labute approximate surface area is 118 Å². The van der Waals surface area contributed by atoms with Gasteiger partial charge in [-0.15, -0.1) is 0 Å². The molecule has 2 aromatic rings. The molecule has 1 heterocycles. The van der Waals surface area contributed by atoms with E-state index in [2.05, 4.69) is 10.4 Å². The van der Waals surface area contributed by atoms with E-state index >= 15 is 0 Å². The molecule has 1 unspecified atom stereocenters. The lowest BCUT2D eigenvalue weighted by molar-refractivity contribution is -0.137. The Morgan fingerprint density at radius 3 is 2.10 bits per heavy atom. The van der Waals surface area contributed by atoms with E-state index in [-0.39, 0.29) is 0 Å². The molecule has 0 spiro atoms. The monoisotopic (exact) mass is 301 g/mol. The van der Waals surface area contributed by atoms with Crippen LogP contribution < -0.4 is 11.3 Å². The minimum atomic E-state index is -4.36. The molecule has 2 rings (SSSR count). The van der Waals surface area contributed by atoms with Gasteiger partial charge in [0.15, 0.2) is 0 Å². The van der Waals surface area contributed by atoms with Gasteiger partial charge in [0.1, 0.15) is 5.15 Å². The Hall–Kier alpha value is -1.63. The molecular weight excluding hydrogens is 291 g/mol. The Morgan fingerprint density at radius 1 is 1.05 bits per heavy atom. The lowest BCUT2D eigenvalue weighted by atomic mass is 9.99. The highest BCUT2D eigenvalue weighted by Gasteiger charge is 2.30. The number of hydrogen-bond acceptors (Lipinski definition) is 3. The second-order valence-electron chi connectivity index (χ2n) is 4.13. The van der Waals surface area contributed by atoms with E-state index in [1.54, 1.807) is 12.1 Å². The number of hydrazine groups is 1. The van der Waals surface area contributed by atoms with E-state index in [1.807, 2.05) is 0 Å². The van der Waals surface area contributed by atoms with Crippen LogP contribution in [-0.4, -0.2) is 4.98 Å². The Morgan fingerprint density at radius 2 is 1.65 bits per heavy atom. The maximum Gasteiger partial charge on any atom is 0.416 e. The number of hydrogen-bond donors (Lipinski definition) is 2. The van der Waals surface area contributed by atoms with Crippen LogP contribution in [0.3, 0.4) is 0 Å². The summed E-state index contributed by atoms with van der Waals surface area (Å²) >= 11 is 5.69. The van der Waals surface area contributed by atoms with Gasteiger partial charge < -0.3 is 0 Å². The van der Waals surface area contributed by atoms with Gasteiger partial charge in [-0.1, -0.05) is 29.8 Å². The van der Waals surface area contributed by atoms with E-state index in [0.717, 1.165) is 12.1 Å². The van der Waals surface area contributed by atoms with Gasteiger partial charge in [0, 0.05) is 6.20 Å². The van der Waals surface area contributed by atoms with Gasteiger partial charge in [0.2, 0.25) is 0 Å². The van der Waals surface area contributed by atoms with Crippen LogP contribution in [0.2, 0.25) is 5.15 Å². The minimum Gasteiger partial charge on any atom is -0.271 e. The molecule has 0 amide bonds. The fourth-order valence-corrected chi connectivity index (χ4v) is 1.92. The molecule has 0 saturated carbocycles. The summed E-state index contributed by atoms with van der Waals surface area (Å²) < 4.78 is 37.5. The summed E-state index contributed by atoms with van der Waals surface area (Å²) in [7, 11) is 0. The predicted octanol–water partition coefficient (Wildman–Crippen LogP) is 3.31. The Kier molecular flexibility index (Phi) is 4.27. The minimum absolute atomic E-state index is 0.331. The number of rotatable bonds is 3. The highest BCUT2D eigenvalue weighted by molar-refractivity contribution is 6.29. The summed E-state index contributed by atoms with van der Waals surface area (Å²) in [5.74, 6) is 5.47. The number of nitrogens with two attached hydrogens (primary N) is 1. The topological polar surface area (TPSA) is 50.9 Å². The Bertz CT molecular complexity index is 567. The molecule has 0 radical (unpaired) electrons. The molecule has 0 saturated heterocycles. The zero-order valence-corrected chi connectivity index (χ0v) is 10.9. The molecule has 1 aromatic heterocycles. The normalized spacial score (nSPS) is 13.2. The molecule has 0 aliphatic rings. The average Bonchev–Trinajstić information content (AvgIpc) is 2.41. The summed E-state index contributed by atoms with van der Waals surface area (Å²) in [6, 6.07) is 7.63.